The summed E-state index contributed by atoms with van der Waals surface area (Å²) in [7, 11) is 0. The second-order valence-corrected chi connectivity index (χ2v) is 7.78. The average Bonchev–Trinajstić information content (AvgIpc) is 3.23. The standard InChI is InChI=1S/C18H15Cl2N3O2/c19-12-2-1-9(3-13(12)20)23-18(24)15-14(8-5-21-7-22-6-8)16-10-4-11(10)17(15)25-16/h1-3,5-7,10-11,14-17H,4H2,(H,23,24). The number of fused-ring (bicyclic) bond motifs is 5. The van der Waals surface area contributed by atoms with E-state index < -0.39 is 0 Å². The first-order chi connectivity index (χ1) is 12.1. The maximum atomic E-state index is 13.0. The molecule has 1 aromatic heterocycles. The molecule has 2 bridgehead atoms. The van der Waals surface area contributed by atoms with Crippen molar-refractivity contribution in [1.82, 2.24) is 9.97 Å². The van der Waals surface area contributed by atoms with Gasteiger partial charge in [0.2, 0.25) is 5.91 Å². The van der Waals surface area contributed by atoms with E-state index >= 15 is 0 Å². The van der Waals surface area contributed by atoms with Crippen LogP contribution in [0.2, 0.25) is 10.0 Å². The third-order valence-electron chi connectivity index (χ3n) is 5.60. The Kier molecular flexibility index (Phi) is 3.52. The molecule has 5 nitrogen and oxygen atoms in total. The molecule has 3 aliphatic rings. The molecule has 2 saturated heterocycles. The number of rotatable bonds is 3. The van der Waals surface area contributed by atoms with Crippen molar-refractivity contribution in [2.75, 3.05) is 5.32 Å². The molecule has 0 radical (unpaired) electrons. The van der Waals surface area contributed by atoms with Crippen LogP contribution in [0.15, 0.2) is 36.9 Å². The van der Waals surface area contributed by atoms with Crippen molar-refractivity contribution < 1.29 is 9.53 Å². The van der Waals surface area contributed by atoms with Gasteiger partial charge in [-0.1, -0.05) is 23.2 Å². The van der Waals surface area contributed by atoms with E-state index in [0.29, 0.717) is 27.6 Å². The average molecular weight is 376 g/mol. The zero-order chi connectivity index (χ0) is 17.1. The summed E-state index contributed by atoms with van der Waals surface area (Å²) in [5.74, 6) is 0.789. The highest BCUT2D eigenvalue weighted by molar-refractivity contribution is 6.42. The number of benzene rings is 1. The zero-order valence-corrected chi connectivity index (χ0v) is 14.6. The number of ether oxygens (including phenoxy) is 1. The molecule has 1 N–H and O–H groups in total. The lowest BCUT2D eigenvalue weighted by atomic mass is 9.75. The molecular weight excluding hydrogens is 361 g/mol. The lowest BCUT2D eigenvalue weighted by molar-refractivity contribution is -0.122. The highest BCUT2D eigenvalue weighted by Crippen LogP contribution is 2.65. The number of hydrogen-bond acceptors (Lipinski definition) is 4. The van der Waals surface area contributed by atoms with Crippen molar-refractivity contribution in [1.29, 1.82) is 0 Å². The molecular formula is C18H15Cl2N3O2. The number of hydrogen-bond donors (Lipinski definition) is 1. The van der Waals surface area contributed by atoms with E-state index in [9.17, 15) is 4.79 Å². The fraction of sp³-hybridized carbons (Fsp3) is 0.389. The van der Waals surface area contributed by atoms with E-state index in [4.69, 9.17) is 27.9 Å². The van der Waals surface area contributed by atoms with E-state index in [2.05, 4.69) is 15.3 Å². The Morgan fingerprint density at radius 3 is 2.64 bits per heavy atom. The molecule has 3 fully saturated rings. The summed E-state index contributed by atoms with van der Waals surface area (Å²) in [6, 6.07) is 5.09. The Hall–Kier alpha value is -1.69. The molecule has 1 saturated carbocycles. The molecule has 6 atom stereocenters. The van der Waals surface area contributed by atoms with Gasteiger partial charge in [-0.15, -0.1) is 0 Å². The van der Waals surface area contributed by atoms with Crippen LogP contribution in [0.25, 0.3) is 0 Å². The minimum atomic E-state index is -0.241. The molecule has 1 aliphatic carbocycles. The first kappa shape index (κ1) is 15.6. The van der Waals surface area contributed by atoms with Crippen molar-refractivity contribution >= 4 is 34.8 Å². The number of anilines is 1. The Labute approximate surface area is 154 Å². The van der Waals surface area contributed by atoms with E-state index in [1.807, 2.05) is 0 Å². The van der Waals surface area contributed by atoms with Gasteiger partial charge >= 0.3 is 0 Å². The molecule has 25 heavy (non-hydrogen) atoms. The minimum absolute atomic E-state index is 0.00211. The Morgan fingerprint density at radius 2 is 1.88 bits per heavy atom. The van der Waals surface area contributed by atoms with Gasteiger partial charge in [-0.2, -0.15) is 0 Å². The van der Waals surface area contributed by atoms with Gasteiger partial charge < -0.3 is 10.1 Å². The van der Waals surface area contributed by atoms with Crippen LogP contribution < -0.4 is 5.32 Å². The third-order valence-corrected chi connectivity index (χ3v) is 6.34. The minimum Gasteiger partial charge on any atom is -0.373 e. The number of nitrogens with zero attached hydrogens (tertiary/aromatic N) is 2. The summed E-state index contributed by atoms with van der Waals surface area (Å²) in [4.78, 5) is 21.3. The Morgan fingerprint density at radius 1 is 1.12 bits per heavy atom. The maximum Gasteiger partial charge on any atom is 0.230 e. The van der Waals surface area contributed by atoms with Gasteiger partial charge in [0.1, 0.15) is 6.33 Å². The van der Waals surface area contributed by atoms with Crippen LogP contribution in [0.4, 0.5) is 5.69 Å². The van der Waals surface area contributed by atoms with Gasteiger partial charge in [-0.25, -0.2) is 9.97 Å². The fourth-order valence-electron chi connectivity index (χ4n) is 4.48. The van der Waals surface area contributed by atoms with Gasteiger partial charge in [-0.3, -0.25) is 4.79 Å². The summed E-state index contributed by atoms with van der Waals surface area (Å²) in [6.45, 7) is 0. The van der Waals surface area contributed by atoms with Gasteiger partial charge in [0.05, 0.1) is 28.2 Å². The largest absolute Gasteiger partial charge is 0.373 e. The van der Waals surface area contributed by atoms with Crippen molar-refractivity contribution in [3.63, 3.8) is 0 Å². The molecule has 2 aromatic rings. The summed E-state index contributed by atoms with van der Waals surface area (Å²) in [6.07, 6.45) is 6.30. The van der Waals surface area contributed by atoms with Crippen LogP contribution in [0.5, 0.6) is 0 Å². The Balaban J connectivity index is 1.44. The Bertz CT molecular complexity index is 847. The second kappa shape index (κ2) is 5.66. The third kappa shape index (κ3) is 2.45. The van der Waals surface area contributed by atoms with Gasteiger partial charge in [0.25, 0.3) is 0 Å². The first-order valence-electron chi connectivity index (χ1n) is 8.30. The number of aromatic nitrogens is 2. The highest BCUT2D eigenvalue weighted by atomic mass is 35.5. The normalized spacial score (nSPS) is 34.6. The number of carbonyl (C=O) groups excluding carboxylic acids is 1. The van der Waals surface area contributed by atoms with Crippen LogP contribution in [0.1, 0.15) is 17.9 Å². The first-order valence-corrected chi connectivity index (χ1v) is 9.05. The smallest absolute Gasteiger partial charge is 0.230 e. The fourth-order valence-corrected chi connectivity index (χ4v) is 4.77. The van der Waals surface area contributed by atoms with Crippen molar-refractivity contribution in [2.24, 2.45) is 17.8 Å². The van der Waals surface area contributed by atoms with Crippen LogP contribution in [0, 0.1) is 17.8 Å². The van der Waals surface area contributed by atoms with E-state index in [1.165, 1.54) is 6.33 Å². The molecule has 1 amide bonds. The maximum absolute atomic E-state index is 13.0. The molecule has 2 aliphatic heterocycles. The van der Waals surface area contributed by atoms with E-state index in [-0.39, 0.29) is 30.0 Å². The summed E-state index contributed by atoms with van der Waals surface area (Å²) in [5, 5.41) is 3.85. The summed E-state index contributed by atoms with van der Waals surface area (Å²) in [5.41, 5.74) is 1.60. The SMILES string of the molecule is O=C(Nc1ccc(Cl)c(Cl)c1)C1C2OC(C3CC32)C1c1cncnc1. The van der Waals surface area contributed by atoms with Gasteiger partial charge in [-0.05, 0) is 42.0 Å². The van der Waals surface area contributed by atoms with Crippen LogP contribution in [-0.2, 0) is 9.53 Å². The van der Waals surface area contributed by atoms with Gasteiger partial charge in [0, 0.05) is 24.0 Å². The van der Waals surface area contributed by atoms with Crippen molar-refractivity contribution in [3.8, 4) is 0 Å². The van der Waals surface area contributed by atoms with Crippen molar-refractivity contribution in [3.05, 3.63) is 52.5 Å². The van der Waals surface area contributed by atoms with E-state index in [1.54, 1.807) is 30.6 Å². The molecule has 128 valence electrons. The van der Waals surface area contributed by atoms with Gasteiger partial charge in [0.15, 0.2) is 0 Å². The van der Waals surface area contributed by atoms with Crippen LogP contribution in [-0.4, -0.2) is 28.1 Å². The number of amides is 1. The molecule has 0 spiro atoms. The number of halogens is 2. The highest BCUT2D eigenvalue weighted by Gasteiger charge is 2.68. The molecule has 1 aromatic carbocycles. The quantitative estimate of drug-likeness (QED) is 0.890. The predicted molar refractivity (Wildman–Crippen MR) is 93.6 cm³/mol. The zero-order valence-electron chi connectivity index (χ0n) is 13.1. The monoisotopic (exact) mass is 375 g/mol. The molecule has 7 heteroatoms. The second-order valence-electron chi connectivity index (χ2n) is 6.97. The summed E-state index contributed by atoms with van der Waals surface area (Å²) >= 11 is 12.0. The van der Waals surface area contributed by atoms with Crippen LogP contribution in [0.3, 0.4) is 0 Å². The molecule has 5 rings (SSSR count). The van der Waals surface area contributed by atoms with Crippen molar-refractivity contribution in [2.45, 2.75) is 24.5 Å². The molecule has 3 heterocycles. The lowest BCUT2D eigenvalue weighted by Gasteiger charge is -2.26. The van der Waals surface area contributed by atoms with E-state index in [0.717, 1.165) is 12.0 Å². The number of carbonyl (C=O) groups is 1. The molecule has 6 unspecified atom stereocenters. The predicted octanol–water partition coefficient (Wildman–Crippen LogP) is 3.54. The topological polar surface area (TPSA) is 64.1 Å². The summed E-state index contributed by atoms with van der Waals surface area (Å²) < 4.78 is 6.15. The van der Waals surface area contributed by atoms with Crippen LogP contribution >= 0.6 is 23.2 Å². The number of nitrogens with one attached hydrogen (secondary N) is 1. The lowest BCUT2D eigenvalue weighted by Crippen LogP contribution is -2.37.